The molecule has 11 heteroatoms. The van der Waals surface area contributed by atoms with Gasteiger partial charge in [-0.3, -0.25) is 9.69 Å². The van der Waals surface area contributed by atoms with E-state index in [2.05, 4.69) is 0 Å². The lowest BCUT2D eigenvalue weighted by Gasteiger charge is -2.32. The van der Waals surface area contributed by atoms with E-state index in [1.807, 2.05) is 31.2 Å². The number of para-hydroxylation sites is 1. The van der Waals surface area contributed by atoms with Gasteiger partial charge in [0.1, 0.15) is 22.8 Å². The molecule has 0 atom stereocenters. The number of furan rings is 1. The van der Waals surface area contributed by atoms with Gasteiger partial charge in [-0.15, -0.1) is 0 Å². The van der Waals surface area contributed by atoms with E-state index < -0.39 is 10.0 Å². The van der Waals surface area contributed by atoms with Crippen molar-refractivity contribution in [1.29, 1.82) is 0 Å². The van der Waals surface area contributed by atoms with Crippen LogP contribution in [0.5, 0.6) is 11.5 Å². The Morgan fingerprint density at radius 1 is 1.13 bits per heavy atom. The first-order valence-corrected chi connectivity index (χ1v) is 14.7. The van der Waals surface area contributed by atoms with E-state index in [1.54, 1.807) is 41.5 Å². The first-order chi connectivity index (χ1) is 18.4. The molecule has 0 bridgehead atoms. The van der Waals surface area contributed by atoms with Gasteiger partial charge in [-0.2, -0.15) is 4.31 Å². The molecular weight excluding hydrogens is 526 g/mol. The second-order valence-corrected chi connectivity index (χ2v) is 11.8. The highest BCUT2D eigenvalue weighted by atomic mass is 32.2. The molecule has 2 aromatic heterocycles. The van der Waals surface area contributed by atoms with Gasteiger partial charge >= 0.3 is 0 Å². The van der Waals surface area contributed by atoms with Crippen LogP contribution in [0, 0.1) is 5.92 Å². The van der Waals surface area contributed by atoms with Gasteiger partial charge in [0.25, 0.3) is 0 Å². The number of piperidine rings is 1. The average molecular weight is 556 g/mol. The number of hydrogen-bond donors (Lipinski definition) is 0. The highest BCUT2D eigenvalue weighted by Gasteiger charge is 2.35. The van der Waals surface area contributed by atoms with E-state index in [1.165, 1.54) is 22.8 Å². The zero-order valence-corrected chi connectivity index (χ0v) is 22.8. The normalized spacial score (nSPS) is 15.0. The van der Waals surface area contributed by atoms with Crippen molar-refractivity contribution in [2.45, 2.75) is 31.2 Å². The summed E-state index contributed by atoms with van der Waals surface area (Å²) in [5.74, 6) is 1.47. The monoisotopic (exact) mass is 555 g/mol. The van der Waals surface area contributed by atoms with E-state index in [4.69, 9.17) is 18.9 Å². The van der Waals surface area contributed by atoms with Crippen LogP contribution in [0.2, 0.25) is 0 Å². The van der Waals surface area contributed by atoms with Crippen molar-refractivity contribution in [3.63, 3.8) is 0 Å². The Hall–Kier alpha value is -3.41. The van der Waals surface area contributed by atoms with Crippen LogP contribution in [0.25, 0.3) is 10.2 Å². The van der Waals surface area contributed by atoms with E-state index in [0.29, 0.717) is 47.4 Å². The molecule has 1 saturated heterocycles. The van der Waals surface area contributed by atoms with E-state index in [0.717, 1.165) is 4.70 Å². The van der Waals surface area contributed by atoms with Crippen molar-refractivity contribution in [3.8, 4) is 11.5 Å². The molecule has 3 heterocycles. The number of carbonyl (C=O) groups is 1. The van der Waals surface area contributed by atoms with Crippen molar-refractivity contribution in [1.82, 2.24) is 9.29 Å². The molecule has 38 heavy (non-hydrogen) atoms. The van der Waals surface area contributed by atoms with Gasteiger partial charge in [-0.25, -0.2) is 13.4 Å². The van der Waals surface area contributed by atoms with Crippen LogP contribution in [-0.2, 0) is 21.4 Å². The molecule has 9 nitrogen and oxygen atoms in total. The number of rotatable bonds is 9. The standard InChI is InChI=1S/C27H29N3O6S2/c1-3-35-23-7-4-8-24-25(23)28-27(37-24)30(18-21-6-5-17-36-21)26(31)19-13-15-29(16-14-19)38(32,33)22-11-9-20(34-2)10-12-22/h4-12,17,19H,3,13-16,18H2,1-2H3. The zero-order valence-electron chi connectivity index (χ0n) is 21.2. The van der Waals surface area contributed by atoms with E-state index in [9.17, 15) is 13.2 Å². The summed E-state index contributed by atoms with van der Waals surface area (Å²) in [5.41, 5.74) is 0.715. The van der Waals surface area contributed by atoms with E-state index in [-0.39, 0.29) is 36.4 Å². The fourth-order valence-electron chi connectivity index (χ4n) is 4.56. The molecule has 200 valence electrons. The number of amides is 1. The topological polar surface area (TPSA) is 102 Å². The predicted octanol–water partition coefficient (Wildman–Crippen LogP) is 4.93. The number of ether oxygens (including phenoxy) is 2. The Morgan fingerprint density at radius 2 is 1.89 bits per heavy atom. The molecule has 0 N–H and O–H groups in total. The van der Waals surface area contributed by atoms with Gasteiger partial charge in [0.05, 0.1) is 36.1 Å². The van der Waals surface area contributed by atoms with Gasteiger partial charge < -0.3 is 13.9 Å². The smallest absolute Gasteiger partial charge is 0.243 e. The second kappa shape index (κ2) is 11.1. The van der Waals surface area contributed by atoms with Crippen LogP contribution >= 0.6 is 11.3 Å². The van der Waals surface area contributed by atoms with Crippen molar-refractivity contribution >= 4 is 42.6 Å². The first-order valence-electron chi connectivity index (χ1n) is 12.4. The number of nitrogens with zero attached hydrogens (tertiary/aromatic N) is 3. The lowest BCUT2D eigenvalue weighted by atomic mass is 9.96. The van der Waals surface area contributed by atoms with Crippen LogP contribution in [0.4, 0.5) is 5.13 Å². The minimum atomic E-state index is -3.66. The van der Waals surface area contributed by atoms with Crippen molar-refractivity contribution in [2.24, 2.45) is 5.92 Å². The molecule has 2 aromatic carbocycles. The van der Waals surface area contributed by atoms with Gasteiger partial charge in [0, 0.05) is 19.0 Å². The SMILES string of the molecule is CCOc1cccc2sc(N(Cc3ccco3)C(=O)C3CCN(S(=O)(=O)c4ccc(OC)cc4)CC3)nc12. The molecule has 0 radical (unpaired) electrons. The largest absolute Gasteiger partial charge is 0.497 e. The molecule has 1 amide bonds. The lowest BCUT2D eigenvalue weighted by molar-refractivity contribution is -0.123. The van der Waals surface area contributed by atoms with Gasteiger partial charge in [-0.1, -0.05) is 17.4 Å². The van der Waals surface area contributed by atoms with Gasteiger partial charge in [0.15, 0.2) is 5.13 Å². The molecule has 0 aliphatic carbocycles. The molecule has 1 fully saturated rings. The third-order valence-electron chi connectivity index (χ3n) is 6.56. The highest BCUT2D eigenvalue weighted by molar-refractivity contribution is 7.89. The molecule has 5 rings (SSSR count). The summed E-state index contributed by atoms with van der Waals surface area (Å²) in [6.45, 7) is 3.18. The van der Waals surface area contributed by atoms with Crippen molar-refractivity contribution in [2.75, 3.05) is 31.7 Å². The Balaban J connectivity index is 1.36. The summed E-state index contributed by atoms with van der Waals surface area (Å²) in [6, 6.07) is 15.7. The molecule has 0 spiro atoms. The number of thiazole rings is 1. The average Bonchev–Trinajstić information content (AvgIpc) is 3.62. The highest BCUT2D eigenvalue weighted by Crippen LogP contribution is 2.36. The third kappa shape index (κ3) is 5.27. The maximum absolute atomic E-state index is 13.8. The van der Waals surface area contributed by atoms with Crippen LogP contribution in [0.1, 0.15) is 25.5 Å². The van der Waals surface area contributed by atoms with Crippen LogP contribution in [0.15, 0.2) is 70.2 Å². The van der Waals surface area contributed by atoms with Crippen molar-refractivity contribution in [3.05, 3.63) is 66.6 Å². The fraction of sp³-hybridized carbons (Fsp3) is 0.333. The van der Waals surface area contributed by atoms with Crippen LogP contribution < -0.4 is 14.4 Å². The maximum atomic E-state index is 13.8. The fourth-order valence-corrected chi connectivity index (χ4v) is 7.02. The summed E-state index contributed by atoms with van der Waals surface area (Å²) in [6.07, 6.45) is 2.40. The van der Waals surface area contributed by atoms with Crippen molar-refractivity contribution < 1.29 is 27.1 Å². The Labute approximate surface area is 225 Å². The third-order valence-corrected chi connectivity index (χ3v) is 9.52. The molecule has 4 aromatic rings. The Kier molecular flexibility index (Phi) is 7.68. The first kappa shape index (κ1) is 26.2. The summed E-state index contributed by atoms with van der Waals surface area (Å²) in [5, 5.41) is 0.557. The Bertz CT molecular complexity index is 1490. The van der Waals surface area contributed by atoms with Gasteiger partial charge in [-0.05, 0) is 68.3 Å². The van der Waals surface area contributed by atoms with Gasteiger partial charge in [0.2, 0.25) is 15.9 Å². The second-order valence-electron chi connectivity index (χ2n) is 8.89. The molecule has 0 saturated carbocycles. The molecular formula is C27H29N3O6S2. The number of benzene rings is 2. The predicted molar refractivity (Wildman–Crippen MR) is 145 cm³/mol. The summed E-state index contributed by atoms with van der Waals surface area (Å²) in [4.78, 5) is 20.5. The maximum Gasteiger partial charge on any atom is 0.243 e. The summed E-state index contributed by atoms with van der Waals surface area (Å²) >= 11 is 1.42. The van der Waals surface area contributed by atoms with E-state index >= 15 is 0 Å². The number of fused-ring (bicyclic) bond motifs is 1. The minimum absolute atomic E-state index is 0.0973. The number of hydrogen-bond acceptors (Lipinski definition) is 8. The Morgan fingerprint density at radius 3 is 2.55 bits per heavy atom. The van der Waals surface area contributed by atoms with Crippen LogP contribution in [0.3, 0.4) is 0 Å². The lowest BCUT2D eigenvalue weighted by Crippen LogP contribution is -2.44. The number of anilines is 1. The number of methoxy groups -OCH3 is 1. The summed E-state index contributed by atoms with van der Waals surface area (Å²) in [7, 11) is -2.13. The quantitative estimate of drug-likeness (QED) is 0.289. The number of carbonyl (C=O) groups excluding carboxylic acids is 1. The number of sulfonamides is 1. The zero-order chi connectivity index (χ0) is 26.7. The molecule has 0 unspecified atom stereocenters. The molecule has 1 aliphatic heterocycles. The number of aromatic nitrogens is 1. The minimum Gasteiger partial charge on any atom is -0.497 e. The molecule has 1 aliphatic rings. The summed E-state index contributed by atoms with van der Waals surface area (Å²) < 4.78 is 45.1. The van der Waals surface area contributed by atoms with Crippen LogP contribution in [-0.4, -0.2) is 50.4 Å².